The van der Waals surface area contributed by atoms with Crippen molar-refractivity contribution in [3.8, 4) is 11.5 Å². The van der Waals surface area contributed by atoms with Gasteiger partial charge < -0.3 is 14.4 Å². The fourth-order valence-corrected chi connectivity index (χ4v) is 3.17. The monoisotopic (exact) mass is 416 g/mol. The third-order valence-electron chi connectivity index (χ3n) is 4.11. The van der Waals surface area contributed by atoms with Gasteiger partial charge in [-0.25, -0.2) is 0 Å². The van der Waals surface area contributed by atoms with Crippen molar-refractivity contribution in [1.82, 2.24) is 4.98 Å². The normalized spacial score (nSPS) is 10.4. The number of pyridine rings is 1. The highest BCUT2D eigenvalue weighted by atomic mass is 35.5. The van der Waals surface area contributed by atoms with E-state index in [4.69, 9.17) is 32.7 Å². The van der Waals surface area contributed by atoms with Gasteiger partial charge in [0.15, 0.2) is 11.5 Å². The number of halogens is 2. The molecule has 1 aromatic heterocycles. The quantitative estimate of drug-likeness (QED) is 0.550. The van der Waals surface area contributed by atoms with Gasteiger partial charge in [-0.15, -0.1) is 0 Å². The zero-order valence-electron chi connectivity index (χ0n) is 15.4. The molecule has 1 amide bonds. The molecule has 0 unspecified atom stereocenters. The van der Waals surface area contributed by atoms with Crippen LogP contribution in [0.2, 0.25) is 10.0 Å². The summed E-state index contributed by atoms with van der Waals surface area (Å²) in [7, 11) is 2.99. The molecular formula is C21H18Cl2N2O3. The molecule has 3 rings (SSSR count). The zero-order valence-corrected chi connectivity index (χ0v) is 16.9. The summed E-state index contributed by atoms with van der Waals surface area (Å²) in [6.07, 6.45) is 1.69. The molecule has 5 nitrogen and oxygen atoms in total. The maximum atomic E-state index is 13.4. The summed E-state index contributed by atoms with van der Waals surface area (Å²) < 4.78 is 10.6. The van der Waals surface area contributed by atoms with Crippen LogP contribution < -0.4 is 14.4 Å². The Bertz CT molecular complexity index is 963. The second-order valence-corrected chi connectivity index (χ2v) is 6.73. The van der Waals surface area contributed by atoms with E-state index >= 15 is 0 Å². The van der Waals surface area contributed by atoms with E-state index in [9.17, 15) is 4.79 Å². The number of carbonyl (C=O) groups excluding carboxylic acids is 1. The lowest BCUT2D eigenvalue weighted by Gasteiger charge is -2.23. The zero-order chi connectivity index (χ0) is 20.1. The van der Waals surface area contributed by atoms with E-state index in [-0.39, 0.29) is 12.5 Å². The van der Waals surface area contributed by atoms with Gasteiger partial charge in [0.25, 0.3) is 5.91 Å². The van der Waals surface area contributed by atoms with Crippen LogP contribution in [0.1, 0.15) is 16.1 Å². The fraction of sp³-hybridized carbons (Fsp3) is 0.143. The predicted molar refractivity (Wildman–Crippen MR) is 111 cm³/mol. The summed E-state index contributed by atoms with van der Waals surface area (Å²) in [5.41, 5.74) is 1.80. The van der Waals surface area contributed by atoms with E-state index in [1.54, 1.807) is 47.5 Å². The number of rotatable bonds is 6. The van der Waals surface area contributed by atoms with Crippen molar-refractivity contribution in [1.29, 1.82) is 0 Å². The van der Waals surface area contributed by atoms with Crippen LogP contribution in [0.3, 0.4) is 0 Å². The Balaban J connectivity index is 2.03. The Kier molecular flexibility index (Phi) is 6.39. The van der Waals surface area contributed by atoms with Crippen LogP contribution in [0.25, 0.3) is 0 Å². The van der Waals surface area contributed by atoms with Crippen molar-refractivity contribution in [3.63, 3.8) is 0 Å². The first-order valence-electron chi connectivity index (χ1n) is 8.42. The summed E-state index contributed by atoms with van der Waals surface area (Å²) in [6, 6.07) is 15.8. The van der Waals surface area contributed by atoms with Crippen LogP contribution in [-0.4, -0.2) is 25.1 Å². The Labute approximate surface area is 173 Å². The summed E-state index contributed by atoms with van der Waals surface area (Å²) in [6.45, 7) is 0.285. The van der Waals surface area contributed by atoms with E-state index < -0.39 is 0 Å². The lowest BCUT2D eigenvalue weighted by molar-refractivity contribution is 0.0984. The van der Waals surface area contributed by atoms with Crippen molar-refractivity contribution < 1.29 is 14.3 Å². The van der Waals surface area contributed by atoms with Gasteiger partial charge >= 0.3 is 0 Å². The second kappa shape index (κ2) is 8.95. The summed E-state index contributed by atoms with van der Waals surface area (Å²) in [4.78, 5) is 19.3. The van der Waals surface area contributed by atoms with E-state index in [2.05, 4.69) is 4.98 Å². The van der Waals surface area contributed by atoms with E-state index in [1.807, 2.05) is 18.2 Å². The maximum absolute atomic E-state index is 13.4. The van der Waals surface area contributed by atoms with Gasteiger partial charge in [0, 0.05) is 22.5 Å². The summed E-state index contributed by atoms with van der Waals surface area (Å²) >= 11 is 12.3. The minimum absolute atomic E-state index is 0.254. The average Bonchev–Trinajstić information content (AvgIpc) is 2.72. The number of carbonyl (C=O) groups is 1. The molecule has 0 aliphatic carbocycles. The smallest absolute Gasteiger partial charge is 0.258 e. The van der Waals surface area contributed by atoms with Crippen molar-refractivity contribution >= 4 is 34.8 Å². The van der Waals surface area contributed by atoms with E-state index in [1.165, 1.54) is 14.2 Å². The molecule has 1 heterocycles. The molecule has 7 heteroatoms. The number of aromatic nitrogens is 1. The van der Waals surface area contributed by atoms with Crippen LogP contribution in [0, 0.1) is 0 Å². The Hall–Kier alpha value is -2.76. The number of nitrogens with zero attached hydrogens (tertiary/aromatic N) is 2. The van der Waals surface area contributed by atoms with Crippen LogP contribution in [0.15, 0.2) is 60.8 Å². The topological polar surface area (TPSA) is 51.7 Å². The van der Waals surface area contributed by atoms with E-state index in [0.717, 1.165) is 5.69 Å². The Morgan fingerprint density at radius 1 is 1.04 bits per heavy atom. The average molecular weight is 417 g/mol. The first-order valence-corrected chi connectivity index (χ1v) is 9.18. The van der Waals surface area contributed by atoms with Crippen LogP contribution in [0.5, 0.6) is 11.5 Å². The third kappa shape index (κ3) is 4.38. The highest BCUT2D eigenvalue weighted by Gasteiger charge is 2.22. The summed E-state index contributed by atoms with van der Waals surface area (Å²) in [5.74, 6) is 0.506. The molecule has 0 N–H and O–H groups in total. The molecule has 0 radical (unpaired) electrons. The Morgan fingerprint density at radius 2 is 1.79 bits per heavy atom. The number of anilines is 1. The molecule has 144 valence electrons. The number of hydrogen-bond acceptors (Lipinski definition) is 4. The molecular weight excluding hydrogens is 399 g/mol. The minimum Gasteiger partial charge on any atom is -0.493 e. The molecule has 0 fully saturated rings. The number of ether oxygens (including phenoxy) is 2. The highest BCUT2D eigenvalue weighted by Crippen LogP contribution is 2.36. The minimum atomic E-state index is -0.254. The standard InChI is InChI=1S/C21H18Cl2N2O3/c1-27-19-12-14(11-18(23)20(19)28-2)21(26)25(13-16-5-3-4-10-24-16)17-8-6-15(22)7-9-17/h3-12H,13H2,1-2H3. The van der Waals surface area contributed by atoms with Crippen LogP contribution in [0.4, 0.5) is 5.69 Å². The molecule has 0 bridgehead atoms. The number of hydrogen-bond donors (Lipinski definition) is 0. The van der Waals surface area contributed by atoms with Gasteiger partial charge in [0.2, 0.25) is 0 Å². The van der Waals surface area contributed by atoms with Gasteiger partial charge in [0.05, 0.1) is 31.5 Å². The van der Waals surface area contributed by atoms with Gasteiger partial charge in [-0.2, -0.15) is 0 Å². The fourth-order valence-electron chi connectivity index (χ4n) is 2.75. The molecule has 0 saturated heterocycles. The van der Waals surface area contributed by atoms with Gasteiger partial charge in [-0.05, 0) is 48.5 Å². The lowest BCUT2D eigenvalue weighted by Crippen LogP contribution is -2.30. The Morgan fingerprint density at radius 3 is 2.39 bits per heavy atom. The second-order valence-electron chi connectivity index (χ2n) is 5.88. The molecule has 3 aromatic rings. The molecule has 0 aliphatic heterocycles. The molecule has 0 atom stereocenters. The highest BCUT2D eigenvalue weighted by molar-refractivity contribution is 6.33. The first kappa shape index (κ1) is 20.0. The van der Waals surface area contributed by atoms with Gasteiger partial charge in [0.1, 0.15) is 0 Å². The maximum Gasteiger partial charge on any atom is 0.258 e. The molecule has 0 saturated carbocycles. The number of methoxy groups -OCH3 is 2. The molecule has 2 aromatic carbocycles. The van der Waals surface area contributed by atoms with Gasteiger partial charge in [-0.3, -0.25) is 9.78 Å². The first-order chi connectivity index (χ1) is 13.5. The van der Waals surface area contributed by atoms with Crippen LogP contribution >= 0.6 is 23.2 Å². The van der Waals surface area contributed by atoms with Crippen LogP contribution in [-0.2, 0) is 6.54 Å². The molecule has 0 spiro atoms. The SMILES string of the molecule is COc1cc(C(=O)N(Cc2ccccn2)c2ccc(Cl)cc2)cc(Cl)c1OC. The van der Waals surface area contributed by atoms with Crippen molar-refractivity contribution in [3.05, 3.63) is 82.1 Å². The third-order valence-corrected chi connectivity index (χ3v) is 4.64. The van der Waals surface area contributed by atoms with Crippen molar-refractivity contribution in [2.45, 2.75) is 6.54 Å². The largest absolute Gasteiger partial charge is 0.493 e. The lowest BCUT2D eigenvalue weighted by atomic mass is 10.1. The van der Waals surface area contributed by atoms with E-state index in [0.29, 0.717) is 32.8 Å². The molecule has 0 aliphatic rings. The van der Waals surface area contributed by atoms with Crippen molar-refractivity contribution in [2.75, 3.05) is 19.1 Å². The predicted octanol–water partition coefficient (Wildman–Crippen LogP) is 5.25. The summed E-state index contributed by atoms with van der Waals surface area (Å²) in [5, 5.41) is 0.877. The molecule has 28 heavy (non-hydrogen) atoms. The van der Waals surface area contributed by atoms with Crippen molar-refractivity contribution in [2.24, 2.45) is 0 Å². The number of benzene rings is 2. The van der Waals surface area contributed by atoms with Gasteiger partial charge in [-0.1, -0.05) is 29.3 Å². The number of amides is 1.